The molecule has 0 aromatic heterocycles. The third kappa shape index (κ3) is 6.45. The smallest absolute Gasteiger partial charge is 0.191 e. The van der Waals surface area contributed by atoms with Gasteiger partial charge in [0, 0.05) is 32.7 Å². The van der Waals surface area contributed by atoms with Crippen molar-refractivity contribution in [2.45, 2.75) is 13.5 Å². The van der Waals surface area contributed by atoms with Crippen LogP contribution in [0.15, 0.2) is 29.3 Å². The van der Waals surface area contributed by atoms with E-state index < -0.39 is 9.84 Å². The maximum atomic E-state index is 13.2. The average molecular weight is 356 g/mol. The molecule has 134 valence electrons. The molecule has 0 unspecified atom stereocenters. The summed E-state index contributed by atoms with van der Waals surface area (Å²) in [7, 11) is -2.84. The number of halogens is 1. The van der Waals surface area contributed by atoms with Crippen LogP contribution in [0.4, 0.5) is 4.39 Å². The maximum Gasteiger partial charge on any atom is 0.191 e. The van der Waals surface area contributed by atoms with E-state index in [2.05, 4.69) is 20.5 Å². The standard InChI is InChI=1S/C16H25FN4O2S/c1-2-18-16(20-13-14-4-3-5-15(17)12-14)19-6-7-21-8-10-24(22,23)11-9-21/h3-5,12H,2,6-11,13H2,1H3,(H2,18,19,20). The number of nitrogens with zero attached hydrogens (tertiary/aromatic N) is 2. The second kappa shape index (κ2) is 8.98. The van der Waals surface area contributed by atoms with Gasteiger partial charge in [0.1, 0.15) is 5.82 Å². The molecular formula is C16H25FN4O2S. The van der Waals surface area contributed by atoms with Crippen LogP contribution in [0.25, 0.3) is 0 Å². The third-order valence-electron chi connectivity index (χ3n) is 3.81. The molecule has 0 radical (unpaired) electrons. The Kier molecular flexibility index (Phi) is 6.99. The van der Waals surface area contributed by atoms with Crippen molar-refractivity contribution in [3.8, 4) is 0 Å². The van der Waals surface area contributed by atoms with Crippen molar-refractivity contribution in [3.63, 3.8) is 0 Å². The van der Waals surface area contributed by atoms with Gasteiger partial charge in [-0.2, -0.15) is 0 Å². The van der Waals surface area contributed by atoms with E-state index in [1.54, 1.807) is 6.07 Å². The summed E-state index contributed by atoms with van der Waals surface area (Å²) < 4.78 is 36.0. The number of guanidine groups is 1. The van der Waals surface area contributed by atoms with Gasteiger partial charge >= 0.3 is 0 Å². The van der Waals surface area contributed by atoms with Crippen molar-refractivity contribution in [1.29, 1.82) is 0 Å². The molecule has 1 aliphatic rings. The molecule has 0 saturated carbocycles. The molecule has 0 aliphatic carbocycles. The number of aliphatic imine (C=N–C) groups is 1. The summed E-state index contributed by atoms with van der Waals surface area (Å²) in [6.45, 7) is 5.72. The summed E-state index contributed by atoms with van der Waals surface area (Å²) in [4.78, 5) is 6.57. The molecule has 1 fully saturated rings. The molecule has 1 saturated heterocycles. The van der Waals surface area contributed by atoms with Crippen molar-refractivity contribution >= 4 is 15.8 Å². The minimum atomic E-state index is -2.84. The van der Waals surface area contributed by atoms with Gasteiger partial charge in [0.15, 0.2) is 15.8 Å². The summed E-state index contributed by atoms with van der Waals surface area (Å²) in [6.07, 6.45) is 0. The topological polar surface area (TPSA) is 73.8 Å². The zero-order valence-electron chi connectivity index (χ0n) is 14.0. The van der Waals surface area contributed by atoms with E-state index >= 15 is 0 Å². The zero-order valence-corrected chi connectivity index (χ0v) is 14.8. The van der Waals surface area contributed by atoms with Gasteiger partial charge in [-0.25, -0.2) is 17.8 Å². The van der Waals surface area contributed by atoms with Crippen LogP contribution in [0.3, 0.4) is 0 Å². The van der Waals surface area contributed by atoms with Crippen molar-refractivity contribution in [2.24, 2.45) is 4.99 Å². The third-order valence-corrected chi connectivity index (χ3v) is 5.42. The van der Waals surface area contributed by atoms with Crippen LogP contribution < -0.4 is 10.6 Å². The number of nitrogens with one attached hydrogen (secondary N) is 2. The molecular weight excluding hydrogens is 331 g/mol. The Hall–Kier alpha value is -1.67. The molecule has 24 heavy (non-hydrogen) atoms. The lowest BCUT2D eigenvalue weighted by Gasteiger charge is -2.26. The van der Waals surface area contributed by atoms with Crippen LogP contribution in [-0.2, 0) is 16.4 Å². The number of benzene rings is 1. The first-order valence-electron chi connectivity index (χ1n) is 8.18. The molecule has 0 amide bonds. The molecule has 6 nitrogen and oxygen atoms in total. The Bertz CT molecular complexity index is 650. The summed E-state index contributed by atoms with van der Waals surface area (Å²) in [5.41, 5.74) is 0.813. The van der Waals surface area contributed by atoms with E-state index in [1.165, 1.54) is 12.1 Å². The highest BCUT2D eigenvalue weighted by Crippen LogP contribution is 2.05. The number of hydrogen-bond acceptors (Lipinski definition) is 4. The fraction of sp³-hybridized carbons (Fsp3) is 0.562. The fourth-order valence-corrected chi connectivity index (χ4v) is 3.73. The number of rotatable bonds is 6. The molecule has 1 heterocycles. The molecule has 2 N–H and O–H groups in total. The highest BCUT2D eigenvalue weighted by molar-refractivity contribution is 7.91. The molecule has 0 bridgehead atoms. The van der Waals surface area contributed by atoms with Gasteiger partial charge < -0.3 is 10.6 Å². The van der Waals surface area contributed by atoms with Gasteiger partial charge in [0.25, 0.3) is 0 Å². The van der Waals surface area contributed by atoms with Gasteiger partial charge in [0.2, 0.25) is 0 Å². The maximum absolute atomic E-state index is 13.2. The van der Waals surface area contributed by atoms with Crippen LogP contribution >= 0.6 is 0 Å². The second-order valence-electron chi connectivity index (χ2n) is 5.75. The molecule has 1 aliphatic heterocycles. The van der Waals surface area contributed by atoms with Gasteiger partial charge in [0.05, 0.1) is 18.1 Å². The van der Waals surface area contributed by atoms with Gasteiger partial charge in [-0.05, 0) is 24.6 Å². The first-order valence-corrected chi connectivity index (χ1v) is 10.00. The molecule has 1 aromatic carbocycles. The monoisotopic (exact) mass is 356 g/mol. The van der Waals surface area contributed by atoms with Gasteiger partial charge in [-0.15, -0.1) is 0 Å². The highest BCUT2D eigenvalue weighted by Gasteiger charge is 2.20. The first kappa shape index (κ1) is 18.7. The van der Waals surface area contributed by atoms with E-state index in [1.807, 2.05) is 13.0 Å². The zero-order chi connectivity index (χ0) is 17.4. The van der Waals surface area contributed by atoms with E-state index in [0.29, 0.717) is 32.1 Å². The largest absolute Gasteiger partial charge is 0.357 e. The minimum Gasteiger partial charge on any atom is -0.357 e. The quantitative estimate of drug-likeness (QED) is 0.577. The highest BCUT2D eigenvalue weighted by atomic mass is 32.2. The summed E-state index contributed by atoms with van der Waals surface area (Å²) in [5, 5.41) is 6.38. The molecule has 8 heteroatoms. The summed E-state index contributed by atoms with van der Waals surface area (Å²) in [6, 6.07) is 6.39. The Morgan fingerprint density at radius 1 is 1.29 bits per heavy atom. The van der Waals surface area contributed by atoms with Crippen LogP contribution in [0.5, 0.6) is 0 Å². The summed E-state index contributed by atoms with van der Waals surface area (Å²) in [5.74, 6) is 0.883. The van der Waals surface area contributed by atoms with Gasteiger partial charge in [-0.3, -0.25) is 4.90 Å². The Morgan fingerprint density at radius 3 is 2.71 bits per heavy atom. The van der Waals surface area contributed by atoms with Crippen molar-refractivity contribution < 1.29 is 12.8 Å². The van der Waals surface area contributed by atoms with Crippen LogP contribution in [0.2, 0.25) is 0 Å². The van der Waals surface area contributed by atoms with E-state index in [4.69, 9.17) is 0 Å². The molecule has 2 rings (SSSR count). The average Bonchev–Trinajstić information content (AvgIpc) is 2.54. The van der Waals surface area contributed by atoms with Crippen LogP contribution in [0.1, 0.15) is 12.5 Å². The Labute approximate surface area is 143 Å². The summed E-state index contributed by atoms with van der Waals surface area (Å²) >= 11 is 0. The van der Waals surface area contributed by atoms with Crippen LogP contribution in [-0.4, -0.2) is 63.5 Å². The molecule has 0 spiro atoms. The first-order chi connectivity index (χ1) is 11.5. The van der Waals surface area contributed by atoms with Crippen molar-refractivity contribution in [2.75, 3.05) is 44.2 Å². The molecule has 0 atom stereocenters. The SMILES string of the molecule is CCNC(=NCc1cccc(F)c1)NCCN1CCS(=O)(=O)CC1. The van der Waals surface area contributed by atoms with Crippen molar-refractivity contribution in [1.82, 2.24) is 15.5 Å². The lowest BCUT2D eigenvalue weighted by molar-refractivity contribution is 0.299. The second-order valence-corrected chi connectivity index (χ2v) is 8.05. The van der Waals surface area contributed by atoms with Gasteiger partial charge in [-0.1, -0.05) is 12.1 Å². The Morgan fingerprint density at radius 2 is 2.04 bits per heavy atom. The van der Waals surface area contributed by atoms with Crippen LogP contribution in [0, 0.1) is 5.82 Å². The normalized spacial score (nSPS) is 18.3. The van der Waals surface area contributed by atoms with Crippen molar-refractivity contribution in [3.05, 3.63) is 35.6 Å². The van der Waals surface area contributed by atoms with E-state index in [-0.39, 0.29) is 17.3 Å². The minimum absolute atomic E-state index is 0.237. The predicted octanol–water partition coefficient (Wildman–Crippen LogP) is 0.611. The van der Waals surface area contributed by atoms with E-state index in [9.17, 15) is 12.8 Å². The molecule has 1 aromatic rings. The number of hydrogen-bond donors (Lipinski definition) is 2. The number of sulfone groups is 1. The Balaban J connectivity index is 1.79. The van der Waals surface area contributed by atoms with E-state index in [0.717, 1.165) is 18.7 Å². The predicted molar refractivity (Wildman–Crippen MR) is 94.3 cm³/mol. The lowest BCUT2D eigenvalue weighted by atomic mass is 10.2. The lowest BCUT2D eigenvalue weighted by Crippen LogP contribution is -2.45. The fourth-order valence-electron chi connectivity index (χ4n) is 2.45.